The zero-order chi connectivity index (χ0) is 16.9. The van der Waals surface area contributed by atoms with Crippen LogP contribution in [-0.2, 0) is 6.61 Å². The van der Waals surface area contributed by atoms with Crippen LogP contribution >= 0.6 is 0 Å². The molecule has 0 aliphatic heterocycles. The molecule has 3 rings (SSSR count). The number of fused-ring (bicyclic) bond motifs is 1. The SMILES string of the molecule is CCOc1ccc(OCc2nc3cc(OC)c(OC)cc3[nH]2)cc1. The first-order chi connectivity index (χ1) is 11.7. The first kappa shape index (κ1) is 16.0. The minimum absolute atomic E-state index is 0.341. The number of ether oxygens (including phenoxy) is 4. The van der Waals surface area contributed by atoms with Gasteiger partial charge in [-0.05, 0) is 31.2 Å². The molecule has 1 N–H and O–H groups in total. The lowest BCUT2D eigenvalue weighted by molar-refractivity contribution is 0.296. The summed E-state index contributed by atoms with van der Waals surface area (Å²) in [5.41, 5.74) is 1.68. The summed E-state index contributed by atoms with van der Waals surface area (Å²) in [7, 11) is 3.21. The molecule has 0 radical (unpaired) electrons. The van der Waals surface area contributed by atoms with Crippen LogP contribution in [0.25, 0.3) is 11.0 Å². The Kier molecular flexibility index (Phi) is 4.74. The number of H-pyrrole nitrogens is 1. The van der Waals surface area contributed by atoms with Gasteiger partial charge in [-0.1, -0.05) is 0 Å². The summed E-state index contributed by atoms with van der Waals surface area (Å²) in [6.45, 7) is 2.94. The Morgan fingerprint density at radius 1 is 0.917 bits per heavy atom. The standard InChI is InChI=1S/C18H20N2O4/c1-4-23-12-5-7-13(8-6-12)24-11-18-19-14-9-16(21-2)17(22-3)10-15(14)20-18/h5-10H,4,11H2,1-3H3,(H,19,20). The van der Waals surface area contributed by atoms with E-state index in [2.05, 4.69) is 9.97 Å². The van der Waals surface area contributed by atoms with E-state index in [1.54, 1.807) is 14.2 Å². The number of nitrogens with one attached hydrogen (secondary N) is 1. The van der Waals surface area contributed by atoms with Gasteiger partial charge in [-0.15, -0.1) is 0 Å². The fourth-order valence-electron chi connectivity index (χ4n) is 2.41. The van der Waals surface area contributed by atoms with Crippen LogP contribution in [-0.4, -0.2) is 30.8 Å². The maximum Gasteiger partial charge on any atom is 0.163 e. The summed E-state index contributed by atoms with van der Waals surface area (Å²) in [5.74, 6) is 3.62. The Morgan fingerprint density at radius 2 is 1.54 bits per heavy atom. The summed E-state index contributed by atoms with van der Waals surface area (Å²) >= 11 is 0. The van der Waals surface area contributed by atoms with Crippen LogP contribution in [0.4, 0.5) is 0 Å². The number of nitrogens with zero attached hydrogens (tertiary/aromatic N) is 1. The number of benzene rings is 2. The van der Waals surface area contributed by atoms with Gasteiger partial charge in [0.1, 0.15) is 23.9 Å². The van der Waals surface area contributed by atoms with E-state index in [-0.39, 0.29) is 0 Å². The van der Waals surface area contributed by atoms with Crippen LogP contribution in [0.3, 0.4) is 0 Å². The summed E-state index contributed by atoms with van der Waals surface area (Å²) in [5, 5.41) is 0. The molecule has 0 fully saturated rings. The first-order valence-corrected chi connectivity index (χ1v) is 7.69. The van der Waals surface area contributed by atoms with E-state index in [4.69, 9.17) is 18.9 Å². The van der Waals surface area contributed by atoms with Gasteiger partial charge in [0.2, 0.25) is 0 Å². The van der Waals surface area contributed by atoms with Gasteiger partial charge in [0.15, 0.2) is 11.5 Å². The van der Waals surface area contributed by atoms with E-state index >= 15 is 0 Å². The summed E-state index contributed by atoms with van der Waals surface area (Å²) in [6, 6.07) is 11.2. The van der Waals surface area contributed by atoms with Crippen molar-refractivity contribution < 1.29 is 18.9 Å². The second kappa shape index (κ2) is 7.12. The highest BCUT2D eigenvalue weighted by atomic mass is 16.5. The van der Waals surface area contributed by atoms with Gasteiger partial charge >= 0.3 is 0 Å². The lowest BCUT2D eigenvalue weighted by Gasteiger charge is -2.06. The van der Waals surface area contributed by atoms with E-state index in [0.29, 0.717) is 24.7 Å². The molecular weight excluding hydrogens is 308 g/mol. The van der Waals surface area contributed by atoms with E-state index in [1.165, 1.54) is 0 Å². The summed E-state index contributed by atoms with van der Waals surface area (Å²) < 4.78 is 21.8. The molecule has 6 heteroatoms. The summed E-state index contributed by atoms with van der Waals surface area (Å²) in [6.07, 6.45) is 0. The zero-order valence-corrected chi connectivity index (χ0v) is 14.0. The Labute approximate surface area is 140 Å². The molecule has 0 unspecified atom stereocenters. The van der Waals surface area contributed by atoms with E-state index in [0.717, 1.165) is 28.4 Å². The predicted molar refractivity (Wildman–Crippen MR) is 91.1 cm³/mol. The van der Waals surface area contributed by atoms with Gasteiger partial charge in [-0.25, -0.2) is 4.98 Å². The Hall–Kier alpha value is -2.89. The van der Waals surface area contributed by atoms with Crippen LogP contribution in [0.2, 0.25) is 0 Å². The lowest BCUT2D eigenvalue weighted by atomic mass is 10.3. The van der Waals surface area contributed by atoms with Crippen molar-refractivity contribution >= 4 is 11.0 Å². The van der Waals surface area contributed by atoms with Crippen molar-refractivity contribution in [3.8, 4) is 23.0 Å². The van der Waals surface area contributed by atoms with Gasteiger partial charge in [0.25, 0.3) is 0 Å². The fourth-order valence-corrected chi connectivity index (χ4v) is 2.41. The lowest BCUT2D eigenvalue weighted by Crippen LogP contribution is -1.97. The van der Waals surface area contributed by atoms with Crippen molar-refractivity contribution in [2.24, 2.45) is 0 Å². The van der Waals surface area contributed by atoms with Crippen molar-refractivity contribution in [1.29, 1.82) is 0 Å². The molecule has 1 heterocycles. The first-order valence-electron chi connectivity index (χ1n) is 7.69. The van der Waals surface area contributed by atoms with Crippen LogP contribution in [0.1, 0.15) is 12.7 Å². The Balaban J connectivity index is 1.73. The summed E-state index contributed by atoms with van der Waals surface area (Å²) in [4.78, 5) is 7.75. The third kappa shape index (κ3) is 3.37. The van der Waals surface area contributed by atoms with Crippen molar-refractivity contribution in [2.75, 3.05) is 20.8 Å². The van der Waals surface area contributed by atoms with Crippen molar-refractivity contribution in [3.05, 3.63) is 42.2 Å². The number of methoxy groups -OCH3 is 2. The third-order valence-electron chi connectivity index (χ3n) is 3.55. The van der Waals surface area contributed by atoms with Crippen LogP contribution in [0.15, 0.2) is 36.4 Å². The van der Waals surface area contributed by atoms with E-state index < -0.39 is 0 Å². The molecule has 24 heavy (non-hydrogen) atoms. The molecule has 3 aromatic rings. The molecule has 1 aromatic heterocycles. The molecule has 0 spiro atoms. The smallest absolute Gasteiger partial charge is 0.163 e. The van der Waals surface area contributed by atoms with E-state index in [9.17, 15) is 0 Å². The number of hydrogen-bond acceptors (Lipinski definition) is 5. The highest BCUT2D eigenvalue weighted by Gasteiger charge is 2.10. The minimum atomic E-state index is 0.341. The van der Waals surface area contributed by atoms with Crippen molar-refractivity contribution in [1.82, 2.24) is 9.97 Å². The Morgan fingerprint density at radius 3 is 2.17 bits per heavy atom. The highest BCUT2D eigenvalue weighted by molar-refractivity contribution is 5.79. The van der Waals surface area contributed by atoms with Crippen molar-refractivity contribution in [3.63, 3.8) is 0 Å². The van der Waals surface area contributed by atoms with Crippen LogP contribution < -0.4 is 18.9 Å². The molecular formula is C18H20N2O4. The molecule has 126 valence electrons. The number of hydrogen-bond donors (Lipinski definition) is 1. The molecule has 0 saturated carbocycles. The second-order valence-electron chi connectivity index (χ2n) is 5.10. The molecule has 0 aliphatic rings. The second-order valence-corrected chi connectivity index (χ2v) is 5.10. The molecule has 2 aromatic carbocycles. The molecule has 0 amide bonds. The topological polar surface area (TPSA) is 65.6 Å². The molecule has 6 nitrogen and oxygen atoms in total. The van der Waals surface area contributed by atoms with Gasteiger partial charge in [0.05, 0.1) is 31.9 Å². The largest absolute Gasteiger partial charge is 0.494 e. The minimum Gasteiger partial charge on any atom is -0.494 e. The normalized spacial score (nSPS) is 10.6. The van der Waals surface area contributed by atoms with Crippen LogP contribution in [0, 0.1) is 0 Å². The molecule has 0 atom stereocenters. The molecule has 0 saturated heterocycles. The average molecular weight is 328 g/mol. The van der Waals surface area contributed by atoms with Crippen LogP contribution in [0.5, 0.6) is 23.0 Å². The quantitative estimate of drug-likeness (QED) is 0.718. The molecule has 0 aliphatic carbocycles. The monoisotopic (exact) mass is 328 g/mol. The maximum absolute atomic E-state index is 5.76. The number of aromatic amines is 1. The number of imidazole rings is 1. The van der Waals surface area contributed by atoms with Gasteiger partial charge < -0.3 is 23.9 Å². The van der Waals surface area contributed by atoms with E-state index in [1.807, 2.05) is 43.3 Å². The predicted octanol–water partition coefficient (Wildman–Crippen LogP) is 3.56. The van der Waals surface area contributed by atoms with Gasteiger partial charge in [-0.3, -0.25) is 0 Å². The Bertz CT molecular complexity index is 771. The number of rotatable bonds is 7. The average Bonchev–Trinajstić information content (AvgIpc) is 3.01. The third-order valence-corrected chi connectivity index (χ3v) is 3.55. The van der Waals surface area contributed by atoms with Gasteiger partial charge in [-0.2, -0.15) is 0 Å². The maximum atomic E-state index is 5.76. The highest BCUT2D eigenvalue weighted by Crippen LogP contribution is 2.31. The number of aromatic nitrogens is 2. The fraction of sp³-hybridized carbons (Fsp3) is 0.278. The molecule has 0 bridgehead atoms. The van der Waals surface area contributed by atoms with Crippen molar-refractivity contribution in [2.45, 2.75) is 13.5 Å². The van der Waals surface area contributed by atoms with Gasteiger partial charge in [0, 0.05) is 12.1 Å². The zero-order valence-electron chi connectivity index (χ0n) is 14.0.